The summed E-state index contributed by atoms with van der Waals surface area (Å²) in [5.74, 6) is 0.456. The van der Waals surface area contributed by atoms with Crippen LogP contribution in [0.5, 0.6) is 0 Å². The maximum Gasteiger partial charge on any atom is 0.234 e. The number of rotatable bonds is 2. The van der Waals surface area contributed by atoms with Gasteiger partial charge in [-0.25, -0.2) is 4.39 Å². The van der Waals surface area contributed by atoms with Gasteiger partial charge in [0.2, 0.25) is 11.7 Å². The van der Waals surface area contributed by atoms with E-state index in [4.69, 9.17) is 10.3 Å². The lowest BCUT2D eigenvalue weighted by atomic mass is 9.72. The first kappa shape index (κ1) is 13.2. The molecule has 1 aromatic heterocycles. The standard InChI is InChI=1S/C15H18FN3O/c1-15(9-5-4-8-12(15)17)14-18-13(19-20-14)10-6-2-3-7-11(10)16/h2-3,6-7,12H,4-5,8-9,17H2,1H3. The Morgan fingerprint density at radius 3 is 2.90 bits per heavy atom. The van der Waals surface area contributed by atoms with Crippen molar-refractivity contribution in [2.24, 2.45) is 5.73 Å². The molecule has 0 bridgehead atoms. The Morgan fingerprint density at radius 1 is 1.35 bits per heavy atom. The lowest BCUT2D eigenvalue weighted by Crippen LogP contribution is -2.45. The summed E-state index contributed by atoms with van der Waals surface area (Å²) in [6.45, 7) is 2.05. The molecule has 1 heterocycles. The summed E-state index contributed by atoms with van der Waals surface area (Å²) in [6.07, 6.45) is 4.10. The Morgan fingerprint density at radius 2 is 2.15 bits per heavy atom. The van der Waals surface area contributed by atoms with Crippen molar-refractivity contribution < 1.29 is 8.91 Å². The van der Waals surface area contributed by atoms with E-state index in [2.05, 4.69) is 17.1 Å². The maximum absolute atomic E-state index is 13.8. The second-order valence-corrected chi connectivity index (χ2v) is 5.67. The molecule has 1 aliphatic rings. The van der Waals surface area contributed by atoms with Crippen molar-refractivity contribution >= 4 is 0 Å². The number of hydrogen-bond acceptors (Lipinski definition) is 4. The van der Waals surface area contributed by atoms with Crippen LogP contribution >= 0.6 is 0 Å². The minimum absolute atomic E-state index is 0.00479. The van der Waals surface area contributed by atoms with E-state index in [9.17, 15) is 4.39 Å². The second kappa shape index (κ2) is 4.98. The van der Waals surface area contributed by atoms with Crippen LogP contribution < -0.4 is 5.73 Å². The van der Waals surface area contributed by atoms with Crippen LogP contribution in [-0.2, 0) is 5.41 Å². The SMILES string of the molecule is CC1(c2nc(-c3ccccc3F)no2)CCCCC1N. The second-order valence-electron chi connectivity index (χ2n) is 5.67. The quantitative estimate of drug-likeness (QED) is 0.915. The van der Waals surface area contributed by atoms with Gasteiger partial charge in [-0.05, 0) is 31.9 Å². The lowest BCUT2D eigenvalue weighted by molar-refractivity contribution is 0.203. The van der Waals surface area contributed by atoms with Crippen LogP contribution in [0.4, 0.5) is 4.39 Å². The Kier molecular flexibility index (Phi) is 3.30. The van der Waals surface area contributed by atoms with Crippen LogP contribution in [0.25, 0.3) is 11.4 Å². The van der Waals surface area contributed by atoms with Gasteiger partial charge in [-0.15, -0.1) is 0 Å². The largest absolute Gasteiger partial charge is 0.338 e. The Hall–Kier alpha value is -1.75. The summed E-state index contributed by atoms with van der Waals surface area (Å²) in [5.41, 5.74) is 6.27. The minimum Gasteiger partial charge on any atom is -0.338 e. The molecule has 0 aliphatic heterocycles. The smallest absolute Gasteiger partial charge is 0.234 e. The molecular formula is C15H18FN3O. The van der Waals surface area contributed by atoms with E-state index in [1.165, 1.54) is 6.07 Å². The first-order valence-corrected chi connectivity index (χ1v) is 6.96. The van der Waals surface area contributed by atoms with Crippen LogP contribution in [0.3, 0.4) is 0 Å². The minimum atomic E-state index is -0.349. The van der Waals surface area contributed by atoms with Gasteiger partial charge in [-0.1, -0.05) is 30.1 Å². The van der Waals surface area contributed by atoms with Crippen molar-refractivity contribution in [2.45, 2.75) is 44.1 Å². The van der Waals surface area contributed by atoms with Gasteiger partial charge >= 0.3 is 0 Å². The normalized spacial score (nSPS) is 26.6. The maximum atomic E-state index is 13.8. The average molecular weight is 275 g/mol. The zero-order valence-electron chi connectivity index (χ0n) is 11.5. The van der Waals surface area contributed by atoms with E-state index >= 15 is 0 Å². The van der Waals surface area contributed by atoms with Crippen molar-refractivity contribution in [1.29, 1.82) is 0 Å². The molecule has 4 nitrogen and oxygen atoms in total. The van der Waals surface area contributed by atoms with Crippen molar-refractivity contribution in [3.63, 3.8) is 0 Å². The molecule has 0 amide bonds. The highest BCUT2D eigenvalue weighted by Gasteiger charge is 2.40. The zero-order valence-corrected chi connectivity index (χ0v) is 11.5. The molecule has 2 aromatic rings. The predicted octanol–water partition coefficient (Wildman–Crippen LogP) is 3.03. The van der Waals surface area contributed by atoms with E-state index in [0.717, 1.165) is 25.7 Å². The summed E-state index contributed by atoms with van der Waals surface area (Å²) >= 11 is 0. The third-order valence-corrected chi connectivity index (χ3v) is 4.31. The van der Waals surface area contributed by atoms with Crippen LogP contribution in [0.2, 0.25) is 0 Å². The molecule has 1 aliphatic carbocycles. The summed E-state index contributed by atoms with van der Waals surface area (Å²) < 4.78 is 19.1. The molecule has 106 valence electrons. The van der Waals surface area contributed by atoms with Crippen molar-refractivity contribution in [1.82, 2.24) is 10.1 Å². The Bertz CT molecular complexity index is 613. The number of aromatic nitrogens is 2. The zero-order chi connectivity index (χ0) is 14.2. The van der Waals surface area contributed by atoms with E-state index in [1.807, 2.05) is 0 Å². The fraction of sp³-hybridized carbons (Fsp3) is 0.467. The third-order valence-electron chi connectivity index (χ3n) is 4.31. The topological polar surface area (TPSA) is 64.9 Å². The lowest BCUT2D eigenvalue weighted by Gasteiger charge is -2.35. The monoisotopic (exact) mass is 275 g/mol. The Balaban J connectivity index is 1.96. The van der Waals surface area contributed by atoms with Gasteiger partial charge < -0.3 is 10.3 Å². The van der Waals surface area contributed by atoms with Gasteiger partial charge in [0.1, 0.15) is 5.82 Å². The average Bonchev–Trinajstić information content (AvgIpc) is 2.93. The molecule has 20 heavy (non-hydrogen) atoms. The first-order valence-electron chi connectivity index (χ1n) is 6.96. The molecular weight excluding hydrogens is 257 g/mol. The molecule has 0 saturated heterocycles. The predicted molar refractivity (Wildman–Crippen MR) is 73.5 cm³/mol. The van der Waals surface area contributed by atoms with Gasteiger partial charge in [0.15, 0.2) is 0 Å². The molecule has 2 atom stereocenters. The molecule has 1 fully saturated rings. The van der Waals surface area contributed by atoms with Crippen LogP contribution in [-0.4, -0.2) is 16.2 Å². The van der Waals surface area contributed by atoms with Crippen molar-refractivity contribution in [2.75, 3.05) is 0 Å². The molecule has 0 radical (unpaired) electrons. The highest BCUT2D eigenvalue weighted by atomic mass is 19.1. The van der Waals surface area contributed by atoms with E-state index in [1.54, 1.807) is 18.2 Å². The number of benzene rings is 1. The summed E-state index contributed by atoms with van der Waals surface area (Å²) in [7, 11) is 0. The van der Waals surface area contributed by atoms with E-state index in [0.29, 0.717) is 11.5 Å². The van der Waals surface area contributed by atoms with Gasteiger partial charge in [0, 0.05) is 6.04 Å². The highest BCUT2D eigenvalue weighted by Crippen LogP contribution is 2.38. The highest BCUT2D eigenvalue weighted by molar-refractivity contribution is 5.54. The van der Waals surface area contributed by atoms with Crippen molar-refractivity contribution in [3.8, 4) is 11.4 Å². The number of halogens is 1. The molecule has 1 aromatic carbocycles. The number of hydrogen-bond donors (Lipinski definition) is 1. The number of nitrogens with zero attached hydrogens (tertiary/aromatic N) is 2. The molecule has 2 unspecified atom stereocenters. The van der Waals surface area contributed by atoms with Crippen LogP contribution in [0.15, 0.2) is 28.8 Å². The summed E-state index contributed by atoms with van der Waals surface area (Å²) in [4.78, 5) is 4.39. The fourth-order valence-electron chi connectivity index (χ4n) is 2.83. The summed E-state index contributed by atoms with van der Waals surface area (Å²) in [6, 6.07) is 6.43. The molecule has 3 rings (SSSR count). The molecule has 1 saturated carbocycles. The molecule has 0 spiro atoms. The molecule has 2 N–H and O–H groups in total. The van der Waals surface area contributed by atoms with Gasteiger partial charge in [0.05, 0.1) is 11.0 Å². The van der Waals surface area contributed by atoms with E-state index < -0.39 is 0 Å². The Labute approximate surface area is 117 Å². The molecule has 5 heteroatoms. The number of nitrogens with two attached hydrogens (primary N) is 1. The van der Waals surface area contributed by atoms with Crippen molar-refractivity contribution in [3.05, 3.63) is 36.0 Å². The fourth-order valence-corrected chi connectivity index (χ4v) is 2.83. The van der Waals surface area contributed by atoms with Crippen LogP contribution in [0, 0.1) is 5.82 Å². The van der Waals surface area contributed by atoms with Gasteiger partial charge in [0.25, 0.3) is 0 Å². The van der Waals surface area contributed by atoms with Crippen LogP contribution in [0.1, 0.15) is 38.5 Å². The summed E-state index contributed by atoms with van der Waals surface area (Å²) in [5, 5.41) is 3.92. The first-order chi connectivity index (χ1) is 9.61. The van der Waals surface area contributed by atoms with Gasteiger partial charge in [-0.3, -0.25) is 0 Å². The van der Waals surface area contributed by atoms with E-state index in [-0.39, 0.29) is 23.1 Å². The van der Waals surface area contributed by atoms with Gasteiger partial charge in [-0.2, -0.15) is 4.98 Å². The third kappa shape index (κ3) is 2.12.